The summed E-state index contributed by atoms with van der Waals surface area (Å²) >= 11 is 0. The lowest BCUT2D eigenvalue weighted by Gasteiger charge is -2.26. The molecule has 7 nitrogen and oxygen atoms in total. The van der Waals surface area contributed by atoms with Crippen LogP contribution in [0.25, 0.3) is 5.69 Å². The molecule has 1 aromatic heterocycles. The highest BCUT2D eigenvalue weighted by Gasteiger charge is 2.34. The smallest absolute Gasteiger partial charge is 0.318 e. The molecule has 0 radical (unpaired) electrons. The van der Waals surface area contributed by atoms with E-state index in [1.807, 2.05) is 91.2 Å². The van der Waals surface area contributed by atoms with Gasteiger partial charge in [-0.05, 0) is 44.2 Å². The molecule has 0 saturated carbocycles. The van der Waals surface area contributed by atoms with Gasteiger partial charge in [-0.2, -0.15) is 0 Å². The second kappa shape index (κ2) is 8.61. The number of ether oxygens (including phenoxy) is 4. The van der Waals surface area contributed by atoms with Gasteiger partial charge in [0.05, 0.1) is 0 Å². The van der Waals surface area contributed by atoms with Crippen molar-refractivity contribution in [1.29, 1.82) is 0 Å². The maximum atomic E-state index is 13.3. The molecule has 0 atom stereocenters. The predicted octanol–water partition coefficient (Wildman–Crippen LogP) is 5.49. The van der Waals surface area contributed by atoms with E-state index in [0.717, 1.165) is 28.2 Å². The number of nitrogens with zero attached hydrogens (tertiary/aromatic N) is 1. The molecule has 3 aromatic carbocycles. The summed E-state index contributed by atoms with van der Waals surface area (Å²) in [5, 5.41) is 0. The molecule has 0 spiro atoms. The minimum absolute atomic E-state index is 0.194. The molecule has 4 aromatic rings. The number of para-hydroxylation sites is 2. The van der Waals surface area contributed by atoms with Crippen LogP contribution in [0.2, 0.25) is 0 Å². The third kappa shape index (κ3) is 3.60. The first-order chi connectivity index (χ1) is 17.5. The predicted molar refractivity (Wildman–Crippen MR) is 131 cm³/mol. The number of fused-ring (bicyclic) bond motifs is 3. The number of benzene rings is 3. The van der Waals surface area contributed by atoms with Crippen molar-refractivity contribution in [2.45, 2.75) is 19.8 Å². The molecule has 0 aliphatic carbocycles. The number of aromatic nitrogens is 1. The van der Waals surface area contributed by atoms with Gasteiger partial charge in [-0.25, -0.2) is 0 Å². The average molecular weight is 482 g/mol. The molecule has 2 aliphatic rings. The molecule has 7 heteroatoms. The number of hydrogen-bond acceptors (Lipinski definition) is 6. The highest BCUT2D eigenvalue weighted by atomic mass is 16.7. The Bertz CT molecular complexity index is 1470. The van der Waals surface area contributed by atoms with Crippen molar-refractivity contribution in [3.05, 3.63) is 101 Å². The number of rotatable bonds is 5. The summed E-state index contributed by atoms with van der Waals surface area (Å²) in [7, 11) is 0. The van der Waals surface area contributed by atoms with E-state index in [1.165, 1.54) is 0 Å². The lowest BCUT2D eigenvalue weighted by Crippen LogP contribution is -2.23. The van der Waals surface area contributed by atoms with Crippen LogP contribution in [0.5, 0.6) is 23.0 Å². The zero-order valence-corrected chi connectivity index (χ0v) is 19.8. The summed E-state index contributed by atoms with van der Waals surface area (Å²) in [6.07, 6.45) is 0. The van der Waals surface area contributed by atoms with Crippen molar-refractivity contribution >= 4 is 11.8 Å². The second-order valence-corrected chi connectivity index (χ2v) is 8.80. The van der Waals surface area contributed by atoms with E-state index in [9.17, 15) is 9.59 Å². The fraction of sp³-hybridized carbons (Fsp3) is 0.172. The summed E-state index contributed by atoms with van der Waals surface area (Å²) in [5.74, 6) is 1.15. The first-order valence-corrected chi connectivity index (χ1v) is 11.7. The van der Waals surface area contributed by atoms with E-state index >= 15 is 0 Å². The number of aryl methyl sites for hydroxylation is 1. The van der Waals surface area contributed by atoms with E-state index in [2.05, 4.69) is 0 Å². The number of hydrogen-bond donors (Lipinski definition) is 0. The molecule has 0 unspecified atom stereocenters. The Morgan fingerprint density at radius 1 is 0.861 bits per heavy atom. The van der Waals surface area contributed by atoms with Crippen LogP contribution in [0, 0.1) is 13.8 Å². The van der Waals surface area contributed by atoms with Gasteiger partial charge in [0.1, 0.15) is 17.4 Å². The van der Waals surface area contributed by atoms with Gasteiger partial charge in [0.15, 0.2) is 18.1 Å². The van der Waals surface area contributed by atoms with Crippen LogP contribution in [-0.2, 0) is 9.53 Å². The SMILES string of the molecule is Cc1cc(C(=O)COC(=O)C2c3ccccc3Oc3ccccc32)c(C)n1-c1ccc2c(c1)OCO2. The summed E-state index contributed by atoms with van der Waals surface area (Å²) in [4.78, 5) is 26.5. The highest BCUT2D eigenvalue weighted by molar-refractivity contribution is 6.00. The third-order valence-electron chi connectivity index (χ3n) is 6.61. The van der Waals surface area contributed by atoms with Crippen LogP contribution in [-0.4, -0.2) is 29.7 Å². The Morgan fingerprint density at radius 2 is 1.53 bits per heavy atom. The van der Waals surface area contributed by atoms with E-state index < -0.39 is 11.9 Å². The van der Waals surface area contributed by atoms with Gasteiger partial charge in [-0.15, -0.1) is 0 Å². The van der Waals surface area contributed by atoms with Crippen LogP contribution in [0.1, 0.15) is 38.8 Å². The molecule has 0 saturated heterocycles. The molecule has 6 rings (SSSR count). The Labute approximate surface area is 207 Å². The van der Waals surface area contributed by atoms with E-state index in [4.69, 9.17) is 18.9 Å². The molecule has 0 bridgehead atoms. The number of carbonyl (C=O) groups excluding carboxylic acids is 2. The van der Waals surface area contributed by atoms with Crippen molar-refractivity contribution in [1.82, 2.24) is 4.57 Å². The largest absolute Gasteiger partial charge is 0.457 e. The molecule has 180 valence electrons. The number of Topliss-reactive ketones (excluding diaryl/α,β-unsaturated/α-hetero) is 1. The lowest BCUT2D eigenvalue weighted by atomic mass is 9.88. The van der Waals surface area contributed by atoms with Crippen molar-refractivity contribution in [3.63, 3.8) is 0 Å². The zero-order valence-electron chi connectivity index (χ0n) is 19.8. The van der Waals surface area contributed by atoms with Gasteiger partial charge >= 0.3 is 5.97 Å². The van der Waals surface area contributed by atoms with Crippen molar-refractivity contribution in [2.75, 3.05) is 13.4 Å². The van der Waals surface area contributed by atoms with Gasteiger partial charge in [0, 0.05) is 39.8 Å². The van der Waals surface area contributed by atoms with Gasteiger partial charge in [0.25, 0.3) is 0 Å². The Hall–Kier alpha value is -4.52. The van der Waals surface area contributed by atoms with Crippen LogP contribution < -0.4 is 14.2 Å². The van der Waals surface area contributed by atoms with Crippen molar-refractivity contribution < 1.29 is 28.5 Å². The molecule has 0 amide bonds. The van der Waals surface area contributed by atoms with Gasteiger partial charge in [-0.3, -0.25) is 9.59 Å². The second-order valence-electron chi connectivity index (χ2n) is 8.80. The molecule has 2 aliphatic heterocycles. The highest BCUT2D eigenvalue weighted by Crippen LogP contribution is 2.44. The number of esters is 1. The van der Waals surface area contributed by atoms with Crippen LogP contribution >= 0.6 is 0 Å². The first kappa shape index (κ1) is 22.0. The summed E-state index contributed by atoms with van der Waals surface area (Å²) in [5.41, 5.74) is 4.44. The van der Waals surface area contributed by atoms with Crippen LogP contribution in [0.4, 0.5) is 0 Å². The number of ketones is 1. The van der Waals surface area contributed by atoms with Crippen LogP contribution in [0.15, 0.2) is 72.8 Å². The maximum absolute atomic E-state index is 13.3. The maximum Gasteiger partial charge on any atom is 0.318 e. The fourth-order valence-electron chi connectivity index (χ4n) is 4.93. The topological polar surface area (TPSA) is 76.0 Å². The minimum atomic E-state index is -0.667. The van der Waals surface area contributed by atoms with Gasteiger partial charge in [0.2, 0.25) is 12.6 Å². The van der Waals surface area contributed by atoms with E-state index in [0.29, 0.717) is 28.6 Å². The van der Waals surface area contributed by atoms with Crippen molar-refractivity contribution in [2.24, 2.45) is 0 Å². The Morgan fingerprint density at radius 3 is 2.25 bits per heavy atom. The molecular formula is C29H23NO6. The third-order valence-corrected chi connectivity index (χ3v) is 6.61. The van der Waals surface area contributed by atoms with E-state index in [1.54, 1.807) is 0 Å². The summed E-state index contributed by atoms with van der Waals surface area (Å²) in [6.45, 7) is 3.64. The van der Waals surface area contributed by atoms with Gasteiger partial charge in [-0.1, -0.05) is 36.4 Å². The van der Waals surface area contributed by atoms with Crippen molar-refractivity contribution in [3.8, 4) is 28.7 Å². The van der Waals surface area contributed by atoms with E-state index in [-0.39, 0.29) is 19.2 Å². The van der Waals surface area contributed by atoms with Crippen LogP contribution in [0.3, 0.4) is 0 Å². The first-order valence-electron chi connectivity index (χ1n) is 11.7. The average Bonchev–Trinajstić information content (AvgIpc) is 3.48. The summed E-state index contributed by atoms with van der Waals surface area (Å²) < 4.78 is 24.4. The summed E-state index contributed by atoms with van der Waals surface area (Å²) in [6, 6.07) is 22.2. The molecule has 3 heterocycles. The van der Waals surface area contributed by atoms with Gasteiger partial charge < -0.3 is 23.5 Å². The zero-order chi connectivity index (χ0) is 24.8. The minimum Gasteiger partial charge on any atom is -0.457 e. The normalized spacial score (nSPS) is 13.5. The monoisotopic (exact) mass is 481 g/mol. The fourth-order valence-corrected chi connectivity index (χ4v) is 4.93. The Kier molecular flexibility index (Phi) is 5.25. The molecular weight excluding hydrogens is 458 g/mol. The Balaban J connectivity index is 1.24. The molecule has 0 N–H and O–H groups in total. The standard InChI is InChI=1S/C29H23NO6/c1-17-13-22(18(2)30(17)19-11-12-26-27(14-19)35-16-34-26)23(31)15-33-29(32)28-20-7-3-5-9-24(20)36-25-10-6-4-8-21(25)28/h3-14,28H,15-16H2,1-2H3. The quantitative estimate of drug-likeness (QED) is 0.277. The lowest BCUT2D eigenvalue weighted by molar-refractivity contribution is -0.143. The molecule has 36 heavy (non-hydrogen) atoms. The number of carbonyl (C=O) groups is 2. The molecule has 0 fully saturated rings.